The molecule has 178 valence electrons. The maximum Gasteiger partial charge on any atom is 0.243 e. The Balaban J connectivity index is 1.49. The summed E-state index contributed by atoms with van der Waals surface area (Å²) in [6, 6.07) is 11.9. The second kappa shape index (κ2) is 9.44. The first-order valence-corrected chi connectivity index (χ1v) is 12.9. The van der Waals surface area contributed by atoms with Crippen molar-refractivity contribution in [3.05, 3.63) is 58.7 Å². The van der Waals surface area contributed by atoms with Crippen LogP contribution in [0.25, 0.3) is 0 Å². The average Bonchev–Trinajstić information content (AvgIpc) is 2.78. The van der Waals surface area contributed by atoms with E-state index < -0.39 is 10.0 Å². The van der Waals surface area contributed by atoms with Gasteiger partial charge in [0.2, 0.25) is 10.0 Å². The molecule has 2 aromatic carbocycles. The first-order valence-electron chi connectivity index (χ1n) is 11.5. The molecule has 7 nitrogen and oxygen atoms in total. The molecule has 2 aliphatic heterocycles. The molecule has 0 aromatic heterocycles. The van der Waals surface area contributed by atoms with E-state index in [0.717, 1.165) is 40.4 Å². The standard InChI is InChI=1S/C25H34N4O3S/c1-18-14-19(2)23(20(3)15-18)33(30,31)29-12-8-25(9-13-29)24(26-10-11-28-25)27-17-21-6-5-7-22(16-21)32-4/h5-7,14-16,28H,8-13,17H2,1-4H3,(H,26,27). The lowest BCUT2D eigenvalue weighted by Gasteiger charge is -2.44. The van der Waals surface area contributed by atoms with Crippen LogP contribution in [-0.2, 0) is 16.6 Å². The fraction of sp³-hybridized carbons (Fsp3) is 0.480. The molecule has 0 unspecified atom stereocenters. The van der Waals surface area contributed by atoms with E-state index in [1.165, 1.54) is 0 Å². The van der Waals surface area contributed by atoms with E-state index in [0.29, 0.717) is 43.9 Å². The Bertz CT molecular complexity index is 1130. The quantitative estimate of drug-likeness (QED) is 0.702. The van der Waals surface area contributed by atoms with Gasteiger partial charge >= 0.3 is 0 Å². The molecule has 8 heteroatoms. The number of hydrogen-bond donors (Lipinski definition) is 2. The number of methoxy groups -OCH3 is 1. The summed E-state index contributed by atoms with van der Waals surface area (Å²) in [5.74, 6) is 1.75. The van der Waals surface area contributed by atoms with Gasteiger partial charge in [-0.2, -0.15) is 4.31 Å². The van der Waals surface area contributed by atoms with Crippen molar-refractivity contribution < 1.29 is 13.2 Å². The number of ether oxygens (including phenoxy) is 1. The Kier molecular flexibility index (Phi) is 6.79. The molecule has 0 radical (unpaired) electrons. The van der Waals surface area contributed by atoms with E-state index in [2.05, 4.69) is 16.7 Å². The molecule has 0 bridgehead atoms. The predicted molar refractivity (Wildman–Crippen MR) is 132 cm³/mol. The van der Waals surface area contributed by atoms with Crippen LogP contribution in [0, 0.1) is 20.8 Å². The molecule has 4 rings (SSSR count). The zero-order chi connectivity index (χ0) is 23.6. The lowest BCUT2D eigenvalue weighted by Crippen LogP contribution is -2.64. The number of aliphatic imine (C=N–C) groups is 1. The normalized spacial score (nSPS) is 18.7. The van der Waals surface area contributed by atoms with Crippen molar-refractivity contribution in [2.75, 3.05) is 33.3 Å². The molecule has 0 aliphatic carbocycles. The minimum Gasteiger partial charge on any atom is -0.497 e. The summed E-state index contributed by atoms with van der Waals surface area (Å²) in [4.78, 5) is 5.24. The number of aryl methyl sites for hydroxylation is 3. The minimum absolute atomic E-state index is 0.319. The number of sulfonamides is 1. The summed E-state index contributed by atoms with van der Waals surface area (Å²) in [5.41, 5.74) is 3.50. The minimum atomic E-state index is -3.54. The molecule has 2 N–H and O–H groups in total. The molecule has 33 heavy (non-hydrogen) atoms. The van der Waals surface area contributed by atoms with E-state index in [4.69, 9.17) is 9.73 Å². The van der Waals surface area contributed by atoms with Gasteiger partial charge in [0, 0.05) is 26.2 Å². The topological polar surface area (TPSA) is 83.0 Å². The van der Waals surface area contributed by atoms with Crippen LogP contribution in [0.15, 0.2) is 46.3 Å². The van der Waals surface area contributed by atoms with Crippen LogP contribution in [0.4, 0.5) is 0 Å². The van der Waals surface area contributed by atoms with Gasteiger partial charge in [0.05, 0.1) is 24.1 Å². The van der Waals surface area contributed by atoms with E-state index in [1.54, 1.807) is 11.4 Å². The molecule has 2 heterocycles. The molecule has 2 aliphatic rings. The summed E-state index contributed by atoms with van der Waals surface area (Å²) < 4.78 is 34.0. The van der Waals surface area contributed by atoms with Crippen molar-refractivity contribution in [1.29, 1.82) is 0 Å². The fourth-order valence-corrected chi connectivity index (χ4v) is 6.97. The smallest absolute Gasteiger partial charge is 0.243 e. The maximum atomic E-state index is 13.5. The van der Waals surface area contributed by atoms with Crippen molar-refractivity contribution in [2.45, 2.75) is 50.6 Å². The third-order valence-electron chi connectivity index (χ3n) is 6.67. The van der Waals surface area contributed by atoms with Crippen molar-refractivity contribution >= 4 is 15.9 Å². The summed E-state index contributed by atoms with van der Waals surface area (Å²) in [7, 11) is -1.88. The number of nitrogens with zero attached hydrogens (tertiary/aromatic N) is 2. The highest BCUT2D eigenvalue weighted by atomic mass is 32.2. The third-order valence-corrected chi connectivity index (χ3v) is 8.88. The van der Waals surface area contributed by atoms with Crippen LogP contribution in [0.2, 0.25) is 0 Å². The zero-order valence-electron chi connectivity index (χ0n) is 19.9. The summed E-state index contributed by atoms with van der Waals surface area (Å²) in [5, 5.41) is 7.17. The van der Waals surface area contributed by atoms with Gasteiger partial charge in [-0.3, -0.25) is 4.99 Å². The zero-order valence-corrected chi connectivity index (χ0v) is 20.8. The summed E-state index contributed by atoms with van der Waals surface area (Å²) >= 11 is 0. The van der Waals surface area contributed by atoms with Gasteiger partial charge in [0.1, 0.15) is 11.6 Å². The Morgan fingerprint density at radius 2 is 1.82 bits per heavy atom. The number of benzene rings is 2. The van der Waals surface area contributed by atoms with Crippen LogP contribution in [-0.4, -0.2) is 57.4 Å². The Labute approximate surface area is 197 Å². The van der Waals surface area contributed by atoms with Crippen molar-refractivity contribution in [1.82, 2.24) is 14.9 Å². The van der Waals surface area contributed by atoms with Gasteiger partial charge in [-0.1, -0.05) is 29.8 Å². The van der Waals surface area contributed by atoms with Crippen LogP contribution in [0.3, 0.4) is 0 Å². The van der Waals surface area contributed by atoms with Gasteiger partial charge in [-0.25, -0.2) is 8.42 Å². The first-order chi connectivity index (χ1) is 15.7. The van der Waals surface area contributed by atoms with Crippen LogP contribution < -0.4 is 15.4 Å². The van der Waals surface area contributed by atoms with Gasteiger partial charge in [0.25, 0.3) is 0 Å². The van der Waals surface area contributed by atoms with Crippen LogP contribution in [0.1, 0.15) is 35.1 Å². The molecule has 2 aromatic rings. The first kappa shape index (κ1) is 23.7. The number of nitrogens with one attached hydrogen (secondary N) is 2. The summed E-state index contributed by atoms with van der Waals surface area (Å²) in [6.45, 7) is 8.84. The number of hydrogen-bond acceptors (Lipinski definition) is 6. The Hall–Kier alpha value is -2.42. The van der Waals surface area contributed by atoms with Crippen molar-refractivity contribution in [3.8, 4) is 5.75 Å². The highest BCUT2D eigenvalue weighted by Crippen LogP contribution is 2.31. The van der Waals surface area contributed by atoms with E-state index in [9.17, 15) is 8.42 Å². The Morgan fingerprint density at radius 3 is 2.48 bits per heavy atom. The van der Waals surface area contributed by atoms with Gasteiger partial charge in [-0.05, 0) is 62.4 Å². The van der Waals surface area contributed by atoms with E-state index in [1.807, 2.05) is 51.1 Å². The maximum absolute atomic E-state index is 13.5. The van der Waals surface area contributed by atoms with Gasteiger partial charge in [0.15, 0.2) is 0 Å². The molecule has 1 spiro atoms. The fourth-order valence-electron chi connectivity index (χ4n) is 5.12. The highest BCUT2D eigenvalue weighted by molar-refractivity contribution is 7.89. The van der Waals surface area contributed by atoms with Crippen LogP contribution >= 0.6 is 0 Å². The van der Waals surface area contributed by atoms with Crippen molar-refractivity contribution in [2.24, 2.45) is 4.99 Å². The molecule has 0 saturated carbocycles. The monoisotopic (exact) mass is 470 g/mol. The van der Waals surface area contributed by atoms with Gasteiger partial charge < -0.3 is 15.4 Å². The molecule has 1 fully saturated rings. The SMILES string of the molecule is COc1cccc(CNC2=NCCNC23CCN(S(=O)(=O)c2c(C)cc(C)cc2C)CC3)c1. The largest absolute Gasteiger partial charge is 0.497 e. The average molecular weight is 471 g/mol. The predicted octanol–water partition coefficient (Wildman–Crippen LogP) is 2.94. The molecular formula is C25H34N4O3S. The Morgan fingerprint density at radius 1 is 1.12 bits per heavy atom. The lowest BCUT2D eigenvalue weighted by molar-refractivity contribution is 0.241. The molecule has 0 atom stereocenters. The second-order valence-electron chi connectivity index (χ2n) is 9.08. The number of rotatable bonds is 5. The van der Waals surface area contributed by atoms with Crippen molar-refractivity contribution in [3.63, 3.8) is 0 Å². The molecular weight excluding hydrogens is 436 g/mol. The van der Waals surface area contributed by atoms with Gasteiger partial charge in [-0.15, -0.1) is 0 Å². The number of piperidine rings is 1. The highest BCUT2D eigenvalue weighted by Gasteiger charge is 2.43. The summed E-state index contributed by atoms with van der Waals surface area (Å²) in [6.07, 6.45) is 1.36. The second-order valence-corrected chi connectivity index (χ2v) is 11.0. The van der Waals surface area contributed by atoms with Crippen LogP contribution in [0.5, 0.6) is 5.75 Å². The van der Waals surface area contributed by atoms with E-state index in [-0.39, 0.29) is 5.54 Å². The molecule has 1 saturated heterocycles. The number of amidine groups is 1. The third kappa shape index (κ3) is 4.78. The van der Waals surface area contributed by atoms with E-state index >= 15 is 0 Å². The lowest BCUT2D eigenvalue weighted by atomic mass is 9.85. The molecule has 0 amide bonds.